The number of halogens is 2. The van der Waals surface area contributed by atoms with Gasteiger partial charge in [-0.3, -0.25) is 9.59 Å². The smallest absolute Gasteiger partial charge is 0.274 e. The van der Waals surface area contributed by atoms with Crippen LogP contribution in [0.5, 0.6) is 0 Å². The van der Waals surface area contributed by atoms with Crippen molar-refractivity contribution in [2.45, 2.75) is 13.0 Å². The second-order valence-electron chi connectivity index (χ2n) is 5.88. The van der Waals surface area contributed by atoms with Gasteiger partial charge in [0.1, 0.15) is 23.3 Å². The lowest BCUT2D eigenvalue weighted by atomic mass is 10.1. The number of nitrogens with one attached hydrogen (secondary N) is 2. The number of aromatic nitrogens is 2. The number of H-pyrrole nitrogens is 1. The van der Waals surface area contributed by atoms with E-state index >= 15 is 0 Å². The van der Waals surface area contributed by atoms with Gasteiger partial charge < -0.3 is 14.9 Å². The fourth-order valence-corrected chi connectivity index (χ4v) is 2.96. The summed E-state index contributed by atoms with van der Waals surface area (Å²) in [6.07, 6.45) is 0. The van der Waals surface area contributed by atoms with Crippen LogP contribution in [0.2, 0.25) is 5.02 Å². The van der Waals surface area contributed by atoms with Crippen molar-refractivity contribution in [2.24, 2.45) is 7.05 Å². The van der Waals surface area contributed by atoms with Crippen molar-refractivity contribution in [3.8, 4) is 6.07 Å². The first-order chi connectivity index (χ1) is 12.3. The molecular weight excluding hydrogens is 359 g/mol. The Kier molecular flexibility index (Phi) is 4.53. The van der Waals surface area contributed by atoms with Gasteiger partial charge in [-0.05, 0) is 37.3 Å². The zero-order valence-electron chi connectivity index (χ0n) is 13.9. The van der Waals surface area contributed by atoms with Crippen LogP contribution in [0.1, 0.15) is 24.2 Å². The molecule has 0 bridgehead atoms. The molecule has 1 aromatic carbocycles. The predicted molar refractivity (Wildman–Crippen MR) is 98.0 cm³/mol. The summed E-state index contributed by atoms with van der Waals surface area (Å²) in [7, 11) is 1.49. The summed E-state index contributed by atoms with van der Waals surface area (Å²) in [5.74, 6) is -0.613. The Morgan fingerprint density at radius 1 is 1.31 bits per heavy atom. The van der Waals surface area contributed by atoms with Crippen LogP contribution < -0.4 is 16.4 Å². The number of nitrogens with zero attached hydrogens (tertiary/aromatic N) is 2. The molecule has 6 nitrogen and oxygen atoms in total. The summed E-state index contributed by atoms with van der Waals surface area (Å²) >= 11 is 5.87. The van der Waals surface area contributed by atoms with E-state index in [0.717, 1.165) is 6.07 Å². The van der Waals surface area contributed by atoms with Crippen molar-refractivity contribution in [3.63, 3.8) is 0 Å². The number of rotatable bonds is 3. The monoisotopic (exact) mass is 372 g/mol. The predicted octanol–water partition coefficient (Wildman–Crippen LogP) is 3.06. The SMILES string of the molecule is CC(Nc1ccc(C#N)n(C)c1=O)c1cc2cc(Cl)cc(F)c2[nH]c1=O. The Bertz CT molecular complexity index is 1180. The van der Waals surface area contributed by atoms with Gasteiger partial charge in [0.15, 0.2) is 0 Å². The highest BCUT2D eigenvalue weighted by Gasteiger charge is 2.15. The van der Waals surface area contributed by atoms with E-state index < -0.39 is 17.4 Å². The third kappa shape index (κ3) is 3.07. The standard InChI is InChI=1S/C18H14ClFN4O2/c1-9(22-15-4-3-12(8-21)24(2)18(15)26)13-6-10-5-11(19)7-14(20)16(10)23-17(13)25/h3-7,9,22H,1-2H3,(H,23,25). The summed E-state index contributed by atoms with van der Waals surface area (Å²) in [6.45, 7) is 1.70. The molecule has 132 valence electrons. The van der Waals surface area contributed by atoms with E-state index in [2.05, 4.69) is 10.3 Å². The second-order valence-corrected chi connectivity index (χ2v) is 6.32. The molecule has 1 unspecified atom stereocenters. The topological polar surface area (TPSA) is 90.7 Å². The number of hydrogen-bond acceptors (Lipinski definition) is 4. The van der Waals surface area contributed by atoms with E-state index in [9.17, 15) is 14.0 Å². The number of hydrogen-bond donors (Lipinski definition) is 2. The molecule has 0 aliphatic heterocycles. The zero-order chi connectivity index (χ0) is 19.0. The molecule has 2 N–H and O–H groups in total. The van der Waals surface area contributed by atoms with Gasteiger partial charge in [0, 0.05) is 23.0 Å². The molecule has 8 heteroatoms. The highest BCUT2D eigenvalue weighted by atomic mass is 35.5. The van der Waals surface area contributed by atoms with Crippen LogP contribution in [0.25, 0.3) is 10.9 Å². The number of anilines is 1. The Hall–Kier alpha value is -3.11. The van der Waals surface area contributed by atoms with Gasteiger partial charge in [0.05, 0.1) is 11.6 Å². The van der Waals surface area contributed by atoms with Gasteiger partial charge in [0.25, 0.3) is 11.1 Å². The fraction of sp³-hybridized carbons (Fsp3) is 0.167. The van der Waals surface area contributed by atoms with Gasteiger partial charge in [-0.1, -0.05) is 11.6 Å². The molecule has 3 rings (SSSR count). The van der Waals surface area contributed by atoms with Crippen molar-refractivity contribution in [1.82, 2.24) is 9.55 Å². The molecule has 0 saturated heterocycles. The van der Waals surface area contributed by atoms with Gasteiger partial charge in [-0.25, -0.2) is 4.39 Å². The maximum absolute atomic E-state index is 13.9. The molecule has 0 spiro atoms. The molecule has 26 heavy (non-hydrogen) atoms. The minimum Gasteiger partial charge on any atom is -0.374 e. The molecule has 0 aliphatic carbocycles. The van der Waals surface area contributed by atoms with Crippen LogP contribution in [0, 0.1) is 17.1 Å². The summed E-state index contributed by atoms with van der Waals surface area (Å²) in [5, 5.41) is 12.6. The third-order valence-corrected chi connectivity index (χ3v) is 4.37. The lowest BCUT2D eigenvalue weighted by Crippen LogP contribution is -2.26. The number of aromatic amines is 1. The number of fused-ring (bicyclic) bond motifs is 1. The van der Waals surface area contributed by atoms with Crippen LogP contribution in [0.15, 0.2) is 39.9 Å². The minimum absolute atomic E-state index is 0.0737. The maximum atomic E-state index is 13.9. The summed E-state index contributed by atoms with van der Waals surface area (Å²) in [4.78, 5) is 27.1. The Morgan fingerprint density at radius 2 is 2.04 bits per heavy atom. The molecular formula is C18H14ClFN4O2. The Balaban J connectivity index is 2.04. The average molecular weight is 373 g/mol. The number of pyridine rings is 2. The van der Waals surface area contributed by atoms with E-state index in [0.29, 0.717) is 10.9 Å². The maximum Gasteiger partial charge on any atom is 0.274 e. The van der Waals surface area contributed by atoms with Gasteiger partial charge in [-0.15, -0.1) is 0 Å². The summed E-state index contributed by atoms with van der Waals surface area (Å²) in [6, 6.07) is 8.60. The van der Waals surface area contributed by atoms with Crippen LogP contribution in [0.4, 0.5) is 10.1 Å². The van der Waals surface area contributed by atoms with Gasteiger partial charge >= 0.3 is 0 Å². The molecule has 2 heterocycles. The quantitative estimate of drug-likeness (QED) is 0.739. The van der Waals surface area contributed by atoms with Gasteiger partial charge in [-0.2, -0.15) is 5.26 Å². The van der Waals surface area contributed by atoms with Crippen molar-refractivity contribution in [3.05, 3.63) is 73.1 Å². The normalized spacial score (nSPS) is 12.0. The van der Waals surface area contributed by atoms with Crippen molar-refractivity contribution in [1.29, 1.82) is 5.26 Å². The Morgan fingerprint density at radius 3 is 2.73 bits per heavy atom. The number of nitriles is 1. The first-order valence-corrected chi connectivity index (χ1v) is 8.08. The number of benzene rings is 1. The molecule has 2 aromatic heterocycles. The molecule has 3 aromatic rings. The van der Waals surface area contributed by atoms with E-state index in [4.69, 9.17) is 16.9 Å². The summed E-state index contributed by atoms with van der Waals surface area (Å²) in [5.41, 5.74) is 0.0132. The van der Waals surface area contributed by atoms with Crippen LogP contribution >= 0.6 is 11.6 Å². The summed E-state index contributed by atoms with van der Waals surface area (Å²) < 4.78 is 15.2. The van der Waals surface area contributed by atoms with E-state index in [1.807, 2.05) is 6.07 Å². The molecule has 0 radical (unpaired) electrons. The zero-order valence-corrected chi connectivity index (χ0v) is 14.7. The van der Waals surface area contributed by atoms with E-state index in [1.54, 1.807) is 13.0 Å². The highest BCUT2D eigenvalue weighted by molar-refractivity contribution is 6.31. The molecule has 1 atom stereocenters. The first-order valence-electron chi connectivity index (χ1n) is 7.70. The molecule has 0 aliphatic rings. The van der Waals surface area contributed by atoms with Crippen LogP contribution in [0.3, 0.4) is 0 Å². The Labute approximate surface area is 152 Å². The lowest BCUT2D eigenvalue weighted by Gasteiger charge is -2.16. The molecule has 0 amide bonds. The fourth-order valence-electron chi connectivity index (χ4n) is 2.75. The minimum atomic E-state index is -0.613. The molecule has 0 saturated carbocycles. The highest BCUT2D eigenvalue weighted by Crippen LogP contribution is 2.23. The second kappa shape index (κ2) is 6.65. The molecule has 0 fully saturated rings. The largest absolute Gasteiger partial charge is 0.374 e. The van der Waals surface area contributed by atoms with E-state index in [-0.39, 0.29) is 27.5 Å². The van der Waals surface area contributed by atoms with Crippen molar-refractivity contribution in [2.75, 3.05) is 5.32 Å². The van der Waals surface area contributed by atoms with Crippen molar-refractivity contribution < 1.29 is 4.39 Å². The van der Waals surface area contributed by atoms with Gasteiger partial charge in [0.2, 0.25) is 0 Å². The van der Waals surface area contributed by atoms with Crippen molar-refractivity contribution >= 4 is 28.2 Å². The first kappa shape index (κ1) is 17.7. The third-order valence-electron chi connectivity index (χ3n) is 4.15. The lowest BCUT2D eigenvalue weighted by molar-refractivity contribution is 0.636. The van der Waals surface area contributed by atoms with Crippen LogP contribution in [-0.2, 0) is 7.05 Å². The van der Waals surface area contributed by atoms with Crippen LogP contribution in [-0.4, -0.2) is 9.55 Å². The average Bonchev–Trinajstić information content (AvgIpc) is 2.59. The van der Waals surface area contributed by atoms with E-state index in [1.165, 1.54) is 29.8 Å².